The molecule has 0 radical (unpaired) electrons. The van der Waals surface area contributed by atoms with E-state index in [2.05, 4.69) is 107 Å². The van der Waals surface area contributed by atoms with Crippen LogP contribution in [0, 0.1) is 48.8 Å². The average Bonchev–Trinajstić information content (AvgIpc) is 1.57. The van der Waals surface area contributed by atoms with Crippen LogP contribution in [-0.2, 0) is 34.2 Å². The molecule has 3 atom stereocenters. The van der Waals surface area contributed by atoms with Gasteiger partial charge in [-0.1, -0.05) is 24.3 Å². The molecule has 3 unspecified atom stereocenters. The smallest absolute Gasteiger partial charge is 0.283 e. The van der Waals surface area contributed by atoms with Crippen molar-refractivity contribution in [2.75, 3.05) is 28.4 Å². The van der Waals surface area contributed by atoms with E-state index in [1.807, 2.05) is 130 Å². The summed E-state index contributed by atoms with van der Waals surface area (Å²) in [6, 6.07) is 36.2. The second kappa shape index (κ2) is 42.7. The van der Waals surface area contributed by atoms with Gasteiger partial charge in [0.05, 0.1) is 88.4 Å². The number of unbranched alkanes of at least 4 members (excludes halogenated alkanes) is 3. The van der Waals surface area contributed by atoms with Crippen molar-refractivity contribution in [3.8, 4) is 45.8 Å². The number of nitrogens with one attached hydrogen (secondary N) is 1. The molecule has 8 aromatic heterocycles. The molecule has 0 spiro atoms. The Bertz CT molecular complexity index is 7020. The summed E-state index contributed by atoms with van der Waals surface area (Å²) in [4.78, 5) is 81.5. The summed E-state index contributed by atoms with van der Waals surface area (Å²) >= 11 is 4.61. The van der Waals surface area contributed by atoms with Gasteiger partial charge in [0.2, 0.25) is 16.9 Å². The molecule has 714 valence electrons. The second-order valence-electron chi connectivity index (χ2n) is 35.3. The summed E-state index contributed by atoms with van der Waals surface area (Å²) in [5.41, 5.74) is 10.1. The summed E-state index contributed by atoms with van der Waals surface area (Å²) < 4.78 is 131. The molecule has 18 rings (SSSR count). The summed E-state index contributed by atoms with van der Waals surface area (Å²) in [6.07, 6.45) is 21.2. The van der Waals surface area contributed by atoms with E-state index in [1.54, 1.807) is 70.7 Å². The normalized spacial score (nSPS) is 14.3. The number of fused-ring (bicyclic) bond motifs is 3. The van der Waals surface area contributed by atoms with Crippen molar-refractivity contribution in [1.82, 2.24) is 75.6 Å². The van der Waals surface area contributed by atoms with Crippen molar-refractivity contribution in [3.63, 3.8) is 0 Å². The fraction of sp³-hybridized carbons (Fsp3) is 0.376. The minimum absolute atomic E-state index is 0.0952. The zero-order chi connectivity index (χ0) is 96.8. The Labute approximate surface area is 804 Å². The molecule has 0 bridgehead atoms. The monoisotopic (exact) mass is 2100 g/mol. The number of halogens is 8. The first-order valence-corrected chi connectivity index (χ1v) is 55.0. The van der Waals surface area contributed by atoms with Crippen LogP contribution in [0.15, 0.2) is 203 Å². The van der Waals surface area contributed by atoms with Gasteiger partial charge in [0.15, 0.2) is 26.1 Å². The van der Waals surface area contributed by atoms with Gasteiger partial charge in [-0.25, -0.2) is 61.3 Å². The number of aromatic amines is 1. The van der Waals surface area contributed by atoms with E-state index in [0.717, 1.165) is 113 Å². The number of hydrogen-bond acceptors (Lipinski definition) is 15. The summed E-state index contributed by atoms with van der Waals surface area (Å²) in [5.74, 6) is -0.607. The number of hydrogen-bond donors (Lipinski definition) is 1. The average molecular weight is 2100 g/mol. The number of methoxy groups -OCH3 is 4. The van der Waals surface area contributed by atoms with Gasteiger partial charge in [0.25, 0.3) is 16.7 Å². The third-order valence-corrected chi connectivity index (χ3v) is 42.1. The molecular weight excluding hydrogens is 1980 g/mol. The first-order chi connectivity index (χ1) is 65.3. The van der Waals surface area contributed by atoms with Crippen LogP contribution in [0.5, 0.6) is 23.0 Å². The Kier molecular flexibility index (Phi) is 30.9. The van der Waals surface area contributed by atoms with E-state index < -0.39 is 71.4 Å². The van der Waals surface area contributed by atoms with Crippen LogP contribution in [-0.4, -0.2) is 141 Å². The van der Waals surface area contributed by atoms with Crippen LogP contribution < -0.4 is 56.1 Å². The predicted octanol–water partition coefficient (Wildman–Crippen LogP) is 19.0. The van der Waals surface area contributed by atoms with Crippen molar-refractivity contribution in [3.05, 3.63) is 296 Å². The Balaban J connectivity index is 0.000000139. The topological polar surface area (TPSA) is 255 Å². The fourth-order valence-electron chi connectivity index (χ4n) is 17.4. The molecule has 35 heteroatoms. The number of H-pyrrole nitrogens is 1. The Morgan fingerprint density at radius 2 is 0.816 bits per heavy atom. The summed E-state index contributed by atoms with van der Waals surface area (Å²) in [6.45, 7) is 17.1. The maximum absolute atomic E-state index is 14.1. The molecule has 0 aliphatic heterocycles. The van der Waals surface area contributed by atoms with E-state index in [-0.39, 0.29) is 51.4 Å². The van der Waals surface area contributed by atoms with Gasteiger partial charge >= 0.3 is 171 Å². The molecule has 1 N–H and O–H groups in total. The van der Waals surface area contributed by atoms with Gasteiger partial charge in [-0.3, -0.25) is 50.9 Å². The SMILES string of the molecule is CCC[CH2][Sn]([CH2]CCC)([CH2]CCC)[c]1ccc(-n2cnc(C)c2)c(OC)c1.COc1cc(-c2nc3c([nH]2)c(=O)n(C(C)c2cc(F)cc(F)c2)c(=NC2CC2)n3C)ccc1-n1cnc(C)c1.COc1ccc(Cn2c(Br)nc3c(=O)n(C(C)c4cc(F)cc(F)c4)c(=NC4CC4)n(C)c32)cc1.COc1ccc(Cn2c(Br)nc3c(=O)n(C(C)c4cc(F)cc(F)c4)c(=NC4CC4)n(C)c32)cc1. The first-order valence-electron chi connectivity index (χ1n) is 46.0. The largest absolute Gasteiger partial charge is 0.497 e. The predicted molar refractivity (Wildman–Crippen MR) is 524 cm³/mol. The number of aromatic nitrogens is 16. The molecule has 3 aliphatic carbocycles. The molecule has 26 nitrogen and oxygen atoms in total. The standard InChI is InChI=1S/C28H27F2N7O2.2C25H24BrF2N5O2.C11H11N2O.3C4H9.Sn/c1-15-13-36(14-31-15)22-8-5-17(11-23(22)39-4)25-33-24-26(34-25)35(3)28(32-21-6-7-21)37(27(24)38)16(2)18-9-19(29)12-20(30)10-18;2*1-14(16-10-17(27)12-18(28)11-16)33-23(34)21-22(31(2)25(33)29-19-6-7-19)32(24(26)30-21)13-15-4-8-20(35-3)9-5-15;1-9-7-13(8-12-9)10-5-3-4-6-11(10)14-2;3*1-3-4-2;/h5,8-14,16,21H,6-7H2,1-4H3,(H,33,34);2*4-5,8-12,14,19H,6-7,13H2,1-3H3;3,5-8H,1-2H3;3*1,3-4H2,2H3;. The molecule has 136 heavy (non-hydrogen) atoms. The number of nitrogens with zero attached hydrogens (tertiary/aromatic N) is 18. The molecule has 3 saturated carbocycles. The molecule has 15 aromatic rings. The molecule has 7 aromatic carbocycles. The first kappa shape index (κ1) is 98.5. The quantitative estimate of drug-likeness (QED) is 0.0251. The van der Waals surface area contributed by atoms with Crippen LogP contribution in [0.1, 0.15) is 176 Å². The molecule has 3 aliphatic rings. The second-order valence-corrected chi connectivity index (χ2v) is 49.9. The van der Waals surface area contributed by atoms with Crippen molar-refractivity contribution in [2.45, 2.75) is 195 Å². The number of aryl methyl sites for hydroxylation is 5. The summed E-state index contributed by atoms with van der Waals surface area (Å²) in [7, 11) is 12.1. The van der Waals surface area contributed by atoms with E-state index in [4.69, 9.17) is 38.9 Å². The van der Waals surface area contributed by atoms with Crippen LogP contribution >= 0.6 is 31.9 Å². The van der Waals surface area contributed by atoms with Crippen molar-refractivity contribution < 1.29 is 45.3 Å². The van der Waals surface area contributed by atoms with Gasteiger partial charge in [0.1, 0.15) is 74.8 Å². The van der Waals surface area contributed by atoms with Crippen LogP contribution in [0.2, 0.25) is 13.3 Å². The van der Waals surface area contributed by atoms with E-state index in [1.165, 1.54) is 102 Å². The zero-order valence-corrected chi connectivity index (χ0v) is 85.0. The van der Waals surface area contributed by atoms with Crippen molar-refractivity contribution in [1.29, 1.82) is 0 Å². The van der Waals surface area contributed by atoms with Crippen molar-refractivity contribution >= 4 is 87.3 Å². The van der Waals surface area contributed by atoms with Crippen LogP contribution in [0.25, 0.3) is 56.3 Å². The number of rotatable bonds is 30. The van der Waals surface area contributed by atoms with Crippen molar-refractivity contribution in [2.24, 2.45) is 36.1 Å². The van der Waals surface area contributed by atoms with E-state index in [9.17, 15) is 40.7 Å². The zero-order valence-electron chi connectivity index (χ0n) is 79.0. The minimum atomic E-state index is -2.42. The minimum Gasteiger partial charge on any atom is -0.497 e. The Morgan fingerprint density at radius 1 is 0.456 bits per heavy atom. The maximum atomic E-state index is 14.1. The van der Waals surface area contributed by atoms with Gasteiger partial charge in [-0.05, 0) is 205 Å². The molecule has 0 amide bonds. The Morgan fingerprint density at radius 3 is 1.16 bits per heavy atom. The third-order valence-electron chi connectivity index (χ3n) is 25.3. The van der Waals surface area contributed by atoms with E-state index in [0.29, 0.717) is 84.6 Å². The number of imidazole rings is 5. The number of ether oxygens (including phenoxy) is 4. The van der Waals surface area contributed by atoms with Gasteiger partial charge < -0.3 is 23.8 Å². The van der Waals surface area contributed by atoms with Crippen LogP contribution in [0.3, 0.4) is 0 Å². The fourth-order valence-corrected chi connectivity index (χ4v) is 34.3. The molecule has 3 fully saturated rings. The molecule has 8 heterocycles. The maximum Gasteiger partial charge on any atom is 0.283 e. The third kappa shape index (κ3) is 21.8. The van der Waals surface area contributed by atoms with Gasteiger partial charge in [0, 0.05) is 51.1 Å². The van der Waals surface area contributed by atoms with Gasteiger partial charge in [-0.2, -0.15) is 0 Å². The van der Waals surface area contributed by atoms with Gasteiger partial charge in [-0.15, -0.1) is 0 Å². The molecular formula is C101H113Br2F6N19O7Sn. The molecule has 0 saturated heterocycles. The summed E-state index contributed by atoms with van der Waals surface area (Å²) in [5, 5.41) is 0. The Hall–Kier alpha value is -12.1. The van der Waals surface area contributed by atoms with Crippen LogP contribution in [0.4, 0.5) is 26.3 Å². The number of benzene rings is 7. The van der Waals surface area contributed by atoms with E-state index >= 15 is 0 Å².